The van der Waals surface area contributed by atoms with Crippen LogP contribution in [0.15, 0.2) is 42.5 Å². The summed E-state index contributed by atoms with van der Waals surface area (Å²) in [7, 11) is 0. The van der Waals surface area contributed by atoms with Gasteiger partial charge in [-0.05, 0) is 68.3 Å². The zero-order chi connectivity index (χ0) is 18.7. The molecule has 26 heavy (non-hydrogen) atoms. The van der Waals surface area contributed by atoms with Crippen LogP contribution in [0, 0.1) is 6.92 Å². The first kappa shape index (κ1) is 18.3. The van der Waals surface area contributed by atoms with Crippen LogP contribution in [0.3, 0.4) is 0 Å². The molecule has 3 rings (SSSR count). The summed E-state index contributed by atoms with van der Waals surface area (Å²) in [6.07, 6.45) is 0.823. The van der Waals surface area contributed by atoms with Gasteiger partial charge >= 0.3 is 0 Å². The summed E-state index contributed by atoms with van der Waals surface area (Å²) in [4.78, 5) is 25.9. The lowest BCUT2D eigenvalue weighted by Gasteiger charge is -2.17. The van der Waals surface area contributed by atoms with E-state index in [0.717, 1.165) is 24.2 Å². The molecule has 0 aliphatic carbocycles. The van der Waals surface area contributed by atoms with Crippen molar-refractivity contribution >= 4 is 34.8 Å². The molecular formula is C20H21ClN2O3. The van der Waals surface area contributed by atoms with E-state index >= 15 is 0 Å². The quantitative estimate of drug-likeness (QED) is 0.856. The van der Waals surface area contributed by atoms with Crippen LogP contribution in [0.1, 0.15) is 25.3 Å². The summed E-state index contributed by atoms with van der Waals surface area (Å²) >= 11 is 6.00. The molecule has 1 aliphatic rings. The maximum absolute atomic E-state index is 12.3. The second kappa shape index (κ2) is 7.79. The third-order valence-electron chi connectivity index (χ3n) is 4.33. The van der Waals surface area contributed by atoms with Gasteiger partial charge in [0.25, 0.3) is 5.91 Å². The first-order chi connectivity index (χ1) is 12.4. The number of amides is 2. The molecule has 0 bridgehead atoms. The summed E-state index contributed by atoms with van der Waals surface area (Å²) in [5, 5.41) is 3.48. The highest BCUT2D eigenvalue weighted by molar-refractivity contribution is 6.31. The van der Waals surface area contributed by atoms with Gasteiger partial charge in [-0.3, -0.25) is 9.59 Å². The van der Waals surface area contributed by atoms with E-state index in [2.05, 4.69) is 5.32 Å². The van der Waals surface area contributed by atoms with Gasteiger partial charge in [0.2, 0.25) is 5.91 Å². The monoisotopic (exact) mass is 372 g/mol. The van der Waals surface area contributed by atoms with Crippen molar-refractivity contribution in [2.24, 2.45) is 0 Å². The third-order valence-corrected chi connectivity index (χ3v) is 4.76. The maximum Gasteiger partial charge on any atom is 0.265 e. The Morgan fingerprint density at radius 3 is 2.58 bits per heavy atom. The average molecular weight is 373 g/mol. The highest BCUT2D eigenvalue weighted by Crippen LogP contribution is 2.24. The number of nitrogens with zero attached hydrogens (tertiary/aromatic N) is 1. The van der Waals surface area contributed by atoms with Crippen LogP contribution in [-0.2, 0) is 9.59 Å². The van der Waals surface area contributed by atoms with Gasteiger partial charge in [-0.1, -0.05) is 11.6 Å². The standard InChI is InChI=1S/C20H21ClN2O3/c1-13-12-17(9-10-18(13)21)26-14(2)20(25)22-15-5-7-16(8-6-15)23-11-3-4-19(23)24/h5-10,12,14H,3-4,11H2,1-2H3,(H,22,25). The molecule has 1 fully saturated rings. The molecule has 1 aliphatic heterocycles. The number of rotatable bonds is 5. The molecule has 136 valence electrons. The normalized spacial score (nSPS) is 15.0. The van der Waals surface area contributed by atoms with Gasteiger partial charge in [-0.15, -0.1) is 0 Å². The molecule has 1 heterocycles. The Balaban J connectivity index is 1.60. The summed E-state index contributed by atoms with van der Waals surface area (Å²) < 4.78 is 5.68. The number of ether oxygens (including phenoxy) is 1. The first-order valence-electron chi connectivity index (χ1n) is 8.58. The molecule has 1 atom stereocenters. The number of nitrogens with one attached hydrogen (secondary N) is 1. The van der Waals surface area contributed by atoms with E-state index < -0.39 is 6.10 Å². The molecule has 2 aromatic rings. The SMILES string of the molecule is Cc1cc(OC(C)C(=O)Nc2ccc(N3CCCC3=O)cc2)ccc1Cl. The smallest absolute Gasteiger partial charge is 0.265 e. The van der Waals surface area contributed by atoms with Gasteiger partial charge in [0.1, 0.15) is 5.75 Å². The molecule has 2 amide bonds. The molecule has 0 spiro atoms. The minimum Gasteiger partial charge on any atom is -0.481 e. The van der Waals surface area contributed by atoms with E-state index in [0.29, 0.717) is 22.9 Å². The Labute approximate surface area is 157 Å². The molecule has 0 aromatic heterocycles. The molecule has 1 unspecified atom stereocenters. The Kier molecular flexibility index (Phi) is 5.47. The Bertz CT molecular complexity index is 820. The number of aryl methyl sites for hydroxylation is 1. The van der Waals surface area contributed by atoms with Crippen molar-refractivity contribution in [2.75, 3.05) is 16.8 Å². The van der Waals surface area contributed by atoms with Crippen LogP contribution >= 0.6 is 11.6 Å². The van der Waals surface area contributed by atoms with Crippen LogP contribution in [-0.4, -0.2) is 24.5 Å². The van der Waals surface area contributed by atoms with Crippen LogP contribution in [0.4, 0.5) is 11.4 Å². The van der Waals surface area contributed by atoms with Crippen molar-refractivity contribution in [3.8, 4) is 5.75 Å². The lowest BCUT2D eigenvalue weighted by molar-refractivity contribution is -0.122. The van der Waals surface area contributed by atoms with Gasteiger partial charge in [-0.2, -0.15) is 0 Å². The van der Waals surface area contributed by atoms with Crippen molar-refractivity contribution in [1.29, 1.82) is 0 Å². The van der Waals surface area contributed by atoms with Crippen LogP contribution in [0.2, 0.25) is 5.02 Å². The second-order valence-corrected chi connectivity index (χ2v) is 6.76. The summed E-state index contributed by atoms with van der Waals surface area (Å²) in [6.45, 7) is 4.32. The summed E-state index contributed by atoms with van der Waals surface area (Å²) in [6, 6.07) is 12.5. The van der Waals surface area contributed by atoms with E-state index in [-0.39, 0.29) is 11.8 Å². The first-order valence-corrected chi connectivity index (χ1v) is 8.96. The predicted molar refractivity (Wildman–Crippen MR) is 103 cm³/mol. The topological polar surface area (TPSA) is 58.6 Å². The lowest BCUT2D eigenvalue weighted by atomic mass is 10.2. The fraction of sp³-hybridized carbons (Fsp3) is 0.300. The van der Waals surface area contributed by atoms with Gasteiger partial charge in [-0.25, -0.2) is 0 Å². The number of halogens is 1. The van der Waals surface area contributed by atoms with Crippen molar-refractivity contribution in [3.05, 3.63) is 53.1 Å². The Morgan fingerprint density at radius 2 is 1.96 bits per heavy atom. The highest BCUT2D eigenvalue weighted by atomic mass is 35.5. The molecule has 0 radical (unpaired) electrons. The van der Waals surface area contributed by atoms with E-state index in [1.54, 1.807) is 42.2 Å². The number of hydrogen-bond donors (Lipinski definition) is 1. The molecule has 6 heteroatoms. The minimum atomic E-state index is -0.657. The lowest BCUT2D eigenvalue weighted by Crippen LogP contribution is -2.30. The number of anilines is 2. The highest BCUT2D eigenvalue weighted by Gasteiger charge is 2.21. The molecule has 1 saturated heterocycles. The van der Waals surface area contributed by atoms with E-state index in [4.69, 9.17) is 16.3 Å². The minimum absolute atomic E-state index is 0.141. The molecule has 2 aromatic carbocycles. The van der Waals surface area contributed by atoms with Crippen molar-refractivity contribution in [1.82, 2.24) is 0 Å². The zero-order valence-electron chi connectivity index (χ0n) is 14.8. The molecular weight excluding hydrogens is 352 g/mol. The predicted octanol–water partition coefficient (Wildman–Crippen LogP) is 4.18. The van der Waals surface area contributed by atoms with Crippen LogP contribution in [0.25, 0.3) is 0 Å². The Hall–Kier alpha value is -2.53. The molecule has 0 saturated carbocycles. The molecule has 5 nitrogen and oxygen atoms in total. The van der Waals surface area contributed by atoms with Gasteiger partial charge in [0.15, 0.2) is 6.10 Å². The van der Waals surface area contributed by atoms with E-state index in [1.807, 2.05) is 19.1 Å². The second-order valence-electron chi connectivity index (χ2n) is 6.36. The Morgan fingerprint density at radius 1 is 1.23 bits per heavy atom. The maximum atomic E-state index is 12.3. The fourth-order valence-electron chi connectivity index (χ4n) is 2.84. The number of carbonyl (C=O) groups excluding carboxylic acids is 2. The number of benzene rings is 2. The van der Waals surface area contributed by atoms with Crippen molar-refractivity contribution in [2.45, 2.75) is 32.8 Å². The van der Waals surface area contributed by atoms with Gasteiger partial charge in [0.05, 0.1) is 0 Å². The van der Waals surface area contributed by atoms with Crippen molar-refractivity contribution in [3.63, 3.8) is 0 Å². The van der Waals surface area contributed by atoms with Gasteiger partial charge < -0.3 is 15.0 Å². The van der Waals surface area contributed by atoms with E-state index in [1.165, 1.54) is 0 Å². The van der Waals surface area contributed by atoms with Crippen LogP contribution in [0.5, 0.6) is 5.75 Å². The summed E-state index contributed by atoms with van der Waals surface area (Å²) in [5.74, 6) is 0.488. The van der Waals surface area contributed by atoms with Gasteiger partial charge in [0, 0.05) is 29.4 Å². The van der Waals surface area contributed by atoms with Crippen LogP contribution < -0.4 is 15.0 Å². The average Bonchev–Trinajstić information content (AvgIpc) is 3.05. The zero-order valence-corrected chi connectivity index (χ0v) is 15.5. The largest absolute Gasteiger partial charge is 0.481 e. The molecule has 1 N–H and O–H groups in total. The van der Waals surface area contributed by atoms with Crippen molar-refractivity contribution < 1.29 is 14.3 Å². The van der Waals surface area contributed by atoms with E-state index in [9.17, 15) is 9.59 Å². The number of carbonyl (C=O) groups is 2. The fourth-order valence-corrected chi connectivity index (χ4v) is 2.96. The number of hydrogen-bond acceptors (Lipinski definition) is 3. The third kappa shape index (κ3) is 4.17. The summed E-state index contributed by atoms with van der Waals surface area (Å²) in [5.41, 5.74) is 2.41.